The average Bonchev–Trinajstić information content (AvgIpc) is 3.47. The molecule has 0 bridgehead atoms. The van der Waals surface area contributed by atoms with Gasteiger partial charge in [0.2, 0.25) is 5.43 Å². The summed E-state index contributed by atoms with van der Waals surface area (Å²) >= 11 is 0. The number of hydrogen-bond donors (Lipinski definition) is 1. The lowest BCUT2D eigenvalue weighted by molar-refractivity contribution is -0.0498. The van der Waals surface area contributed by atoms with Crippen LogP contribution in [0.4, 0.5) is 8.78 Å². The molecule has 0 spiro atoms. The van der Waals surface area contributed by atoms with Crippen LogP contribution in [-0.4, -0.2) is 71.3 Å². The molecule has 1 aromatic carbocycles. The molecular weight excluding hydrogens is 408 g/mol. The topological polar surface area (TPSA) is 75.0 Å². The number of carboxylic acids is 1. The van der Waals surface area contributed by atoms with Crippen molar-refractivity contribution >= 4 is 16.9 Å². The average molecular weight is 433 g/mol. The van der Waals surface area contributed by atoms with Gasteiger partial charge in [0.15, 0.2) is 5.75 Å². The van der Waals surface area contributed by atoms with Gasteiger partial charge in [0.05, 0.1) is 10.9 Å². The molecule has 5 rings (SSSR count). The molecule has 1 N–H and O–H groups in total. The Labute approximate surface area is 177 Å². The summed E-state index contributed by atoms with van der Waals surface area (Å²) in [7, 11) is 2.08. The zero-order valence-corrected chi connectivity index (χ0v) is 17.3. The van der Waals surface area contributed by atoms with E-state index in [0.29, 0.717) is 11.6 Å². The van der Waals surface area contributed by atoms with E-state index >= 15 is 0 Å². The van der Waals surface area contributed by atoms with E-state index < -0.39 is 18.0 Å². The fourth-order valence-electron chi connectivity index (χ4n) is 5.18. The Morgan fingerprint density at radius 1 is 1.19 bits per heavy atom. The molecular formula is C22H25F2N3O4. The highest BCUT2D eigenvalue weighted by Gasteiger charge is 2.38. The van der Waals surface area contributed by atoms with E-state index in [4.69, 9.17) is 4.74 Å². The lowest BCUT2D eigenvalue weighted by atomic mass is 9.93. The molecule has 7 nitrogen and oxygen atoms in total. The summed E-state index contributed by atoms with van der Waals surface area (Å²) in [5, 5.41) is 9.57. The fraction of sp³-hybridized carbons (Fsp3) is 0.545. The van der Waals surface area contributed by atoms with Crippen LogP contribution in [0.3, 0.4) is 0 Å². The molecule has 1 unspecified atom stereocenters. The van der Waals surface area contributed by atoms with Crippen LogP contribution in [0.25, 0.3) is 10.9 Å². The Morgan fingerprint density at radius 2 is 1.97 bits per heavy atom. The van der Waals surface area contributed by atoms with E-state index in [1.54, 1.807) is 16.7 Å². The summed E-state index contributed by atoms with van der Waals surface area (Å²) in [5.74, 6) is -1.29. The number of hydrogen-bond acceptors (Lipinski definition) is 5. The highest BCUT2D eigenvalue weighted by Crippen LogP contribution is 2.44. The lowest BCUT2D eigenvalue weighted by Crippen LogP contribution is -2.48. The number of carboxylic acid groups (broad SMARTS) is 1. The summed E-state index contributed by atoms with van der Waals surface area (Å²) in [6.07, 6.45) is 3.73. The maximum absolute atomic E-state index is 13.5. The van der Waals surface area contributed by atoms with Crippen molar-refractivity contribution in [2.75, 3.05) is 33.2 Å². The van der Waals surface area contributed by atoms with Crippen molar-refractivity contribution < 1.29 is 23.4 Å². The number of pyridine rings is 1. The van der Waals surface area contributed by atoms with Crippen molar-refractivity contribution in [3.63, 3.8) is 0 Å². The third-order valence-electron chi connectivity index (χ3n) is 6.81. The van der Waals surface area contributed by atoms with Crippen molar-refractivity contribution in [1.82, 2.24) is 14.4 Å². The second-order valence-corrected chi connectivity index (χ2v) is 8.92. The Kier molecular flexibility index (Phi) is 4.97. The number of alkyl halides is 2. The standard InChI is InChI=1S/C22H25F2N3O4/c1-25-6-7-26-9-12(8-14(26)10-25)15-4-5-16-18(20(15)31-22(23)24)27(13-2-3-13)11-17(19(16)28)21(29)30/h4-5,11-14,22H,2-3,6-10H2,1H3,(H,29,30)/t12?,14-/m0/s1. The van der Waals surface area contributed by atoms with Crippen LogP contribution >= 0.6 is 0 Å². The van der Waals surface area contributed by atoms with Gasteiger partial charge in [-0.05, 0) is 32.4 Å². The molecule has 166 valence electrons. The van der Waals surface area contributed by atoms with Gasteiger partial charge in [0.1, 0.15) is 5.56 Å². The van der Waals surface area contributed by atoms with Crippen LogP contribution in [0.5, 0.6) is 5.75 Å². The first-order valence-electron chi connectivity index (χ1n) is 10.7. The van der Waals surface area contributed by atoms with Gasteiger partial charge in [-0.1, -0.05) is 6.07 Å². The van der Waals surface area contributed by atoms with Crippen LogP contribution in [0.1, 0.15) is 47.1 Å². The minimum absolute atomic E-state index is 0.0107. The van der Waals surface area contributed by atoms with Gasteiger partial charge in [-0.2, -0.15) is 8.78 Å². The Balaban J connectivity index is 1.67. The van der Waals surface area contributed by atoms with Gasteiger partial charge in [0.25, 0.3) is 0 Å². The van der Waals surface area contributed by atoms with Gasteiger partial charge in [-0.25, -0.2) is 4.79 Å². The first-order valence-corrected chi connectivity index (χ1v) is 10.7. The number of likely N-dealkylation sites (N-methyl/N-ethyl adjacent to an activating group) is 1. The van der Waals surface area contributed by atoms with Crippen molar-refractivity contribution in [2.24, 2.45) is 0 Å². The minimum atomic E-state index is -3.04. The van der Waals surface area contributed by atoms with E-state index in [9.17, 15) is 23.5 Å². The summed E-state index contributed by atoms with van der Waals surface area (Å²) in [6.45, 7) is 0.557. The lowest BCUT2D eigenvalue weighted by Gasteiger charge is -2.35. The molecule has 3 fully saturated rings. The molecule has 2 saturated heterocycles. The first kappa shape index (κ1) is 20.4. The number of carbonyl (C=O) groups is 1. The molecule has 1 aromatic heterocycles. The highest BCUT2D eigenvalue weighted by molar-refractivity contribution is 5.95. The Hall–Kier alpha value is -2.52. The quantitative estimate of drug-likeness (QED) is 0.782. The van der Waals surface area contributed by atoms with Gasteiger partial charge < -0.3 is 19.3 Å². The van der Waals surface area contributed by atoms with Gasteiger partial charge in [-0.3, -0.25) is 9.69 Å². The van der Waals surface area contributed by atoms with Crippen LogP contribution in [-0.2, 0) is 0 Å². The predicted molar refractivity (Wildman–Crippen MR) is 110 cm³/mol. The fourth-order valence-corrected chi connectivity index (χ4v) is 5.18. The molecule has 0 amide bonds. The van der Waals surface area contributed by atoms with E-state index in [1.165, 1.54) is 6.20 Å². The molecule has 2 atom stereocenters. The Morgan fingerprint density at radius 3 is 2.65 bits per heavy atom. The normalized spacial score (nSPS) is 24.6. The Bertz CT molecular complexity index is 1100. The molecule has 1 aliphatic carbocycles. The monoisotopic (exact) mass is 433 g/mol. The van der Waals surface area contributed by atoms with E-state index in [-0.39, 0.29) is 34.2 Å². The number of aromatic nitrogens is 1. The number of aromatic carboxylic acids is 1. The van der Waals surface area contributed by atoms with Crippen LogP contribution in [0.2, 0.25) is 0 Å². The zero-order chi connectivity index (χ0) is 21.9. The highest BCUT2D eigenvalue weighted by atomic mass is 19.3. The smallest absolute Gasteiger partial charge is 0.387 e. The molecule has 2 aliphatic heterocycles. The number of ether oxygens (including phenoxy) is 1. The van der Waals surface area contributed by atoms with Crippen molar-refractivity contribution in [3.05, 3.63) is 39.7 Å². The first-order chi connectivity index (χ1) is 14.8. The SMILES string of the molecule is CN1CCN2CC(c3ccc4c(=O)c(C(=O)O)cn(C5CC5)c4c3OC(F)F)C[C@H]2C1. The third-order valence-corrected chi connectivity index (χ3v) is 6.81. The molecule has 9 heteroatoms. The third kappa shape index (κ3) is 3.59. The molecule has 2 aromatic rings. The largest absolute Gasteiger partial charge is 0.477 e. The maximum Gasteiger partial charge on any atom is 0.387 e. The van der Waals surface area contributed by atoms with Crippen LogP contribution in [0.15, 0.2) is 23.1 Å². The number of rotatable bonds is 5. The molecule has 3 heterocycles. The molecule has 31 heavy (non-hydrogen) atoms. The van der Waals surface area contributed by atoms with Crippen LogP contribution in [0, 0.1) is 0 Å². The van der Waals surface area contributed by atoms with Crippen molar-refractivity contribution in [1.29, 1.82) is 0 Å². The number of piperazine rings is 1. The second kappa shape index (κ2) is 7.56. The maximum atomic E-state index is 13.5. The number of fused-ring (bicyclic) bond motifs is 2. The second-order valence-electron chi connectivity index (χ2n) is 8.92. The number of benzene rings is 1. The van der Waals surface area contributed by atoms with E-state index in [0.717, 1.165) is 45.4 Å². The molecule has 3 aliphatic rings. The van der Waals surface area contributed by atoms with E-state index in [1.807, 2.05) is 0 Å². The summed E-state index contributed by atoms with van der Waals surface area (Å²) in [6, 6.07) is 3.61. The number of nitrogens with zero attached hydrogens (tertiary/aromatic N) is 3. The van der Waals surface area contributed by atoms with Gasteiger partial charge in [-0.15, -0.1) is 0 Å². The molecule has 1 saturated carbocycles. The van der Waals surface area contributed by atoms with Gasteiger partial charge >= 0.3 is 12.6 Å². The molecule has 0 radical (unpaired) electrons. The van der Waals surface area contributed by atoms with E-state index in [2.05, 4.69) is 16.8 Å². The zero-order valence-electron chi connectivity index (χ0n) is 17.3. The predicted octanol–water partition coefficient (Wildman–Crippen LogP) is 2.74. The van der Waals surface area contributed by atoms with Crippen LogP contribution < -0.4 is 10.2 Å². The van der Waals surface area contributed by atoms with Crippen molar-refractivity contribution in [2.45, 2.75) is 43.9 Å². The number of halogens is 2. The van der Waals surface area contributed by atoms with Crippen molar-refractivity contribution in [3.8, 4) is 5.75 Å². The summed E-state index contributed by atoms with van der Waals surface area (Å²) in [4.78, 5) is 29.1. The summed E-state index contributed by atoms with van der Waals surface area (Å²) < 4.78 is 33.7. The van der Waals surface area contributed by atoms with Gasteiger partial charge in [0, 0.05) is 55.9 Å². The minimum Gasteiger partial charge on any atom is -0.477 e. The summed E-state index contributed by atoms with van der Waals surface area (Å²) in [5.41, 5.74) is -0.0641.